The fourth-order valence-corrected chi connectivity index (χ4v) is 20.2. The smallest absolute Gasteiger partial charge is 0.358 e. The Balaban J connectivity index is 0.000000739. The first-order valence-electron chi connectivity index (χ1n) is 43.4. The summed E-state index contributed by atoms with van der Waals surface area (Å²) in [7, 11) is 4.30. The molecule has 2 heterocycles. The van der Waals surface area contributed by atoms with Crippen LogP contribution in [0.1, 0.15) is 302 Å². The fraction of sp³-hybridized carbons (Fsp3) is 0.495. The van der Waals surface area contributed by atoms with Gasteiger partial charge in [-0.1, -0.05) is 294 Å². The number of aryl methyl sites for hydroxylation is 9. The molecule has 0 atom stereocenters. The Kier molecular flexibility index (Phi) is 47.9. The second-order valence-electron chi connectivity index (χ2n) is 36.3. The third-order valence-electron chi connectivity index (χ3n) is 28.6. The normalized spacial score (nSPS) is 21.0. The average molecular weight is 2110 g/mol. The molecule has 2 aromatic heterocycles. The third kappa shape index (κ3) is 26.9. The first-order chi connectivity index (χ1) is 51.6. The molecule has 644 valence electrons. The summed E-state index contributed by atoms with van der Waals surface area (Å²) in [5.41, 5.74) is 30.5. The van der Waals surface area contributed by atoms with Crippen LogP contribution in [0.25, 0.3) is 61.7 Å². The van der Waals surface area contributed by atoms with Crippen LogP contribution in [0.5, 0.6) is 0 Å². The van der Waals surface area contributed by atoms with Crippen molar-refractivity contribution in [3.63, 3.8) is 0 Å². The molecular weight excluding hydrogens is 1950 g/mol. The predicted molar refractivity (Wildman–Crippen MR) is 506 cm³/mol. The zero-order valence-electron chi connectivity index (χ0n) is 79.2. The van der Waals surface area contributed by atoms with Gasteiger partial charge in [0.25, 0.3) is 5.82 Å². The predicted octanol–water partition coefficient (Wildman–Crippen LogP) is 32.2. The second-order valence-corrected chi connectivity index (χ2v) is 36.3. The molecule has 7 aromatic carbocycles. The van der Waals surface area contributed by atoms with Gasteiger partial charge in [-0.05, 0) is 271 Å². The van der Waals surface area contributed by atoms with Crippen LogP contribution in [0.4, 0.5) is 0 Å². The molecule has 0 amide bonds. The molecule has 6 fully saturated rings. The summed E-state index contributed by atoms with van der Waals surface area (Å²) in [6.07, 6.45) is 30.6. The molecule has 0 unspecified atom stereocenters. The number of benzene rings is 7. The maximum atomic E-state index is 2.53. The largest absolute Gasteiger partial charge is 2.00 e. The van der Waals surface area contributed by atoms with Crippen LogP contribution in [-0.4, -0.2) is 4.57 Å². The quantitative estimate of drug-likeness (QED) is 0.0904. The van der Waals surface area contributed by atoms with Gasteiger partial charge in [0.15, 0.2) is 6.20 Å². The van der Waals surface area contributed by atoms with E-state index in [2.05, 4.69) is 337 Å². The average Bonchev–Trinajstić information content (AvgIpc) is 1.29. The monoisotopic (exact) mass is 2110 g/mol. The van der Waals surface area contributed by atoms with E-state index in [9.17, 15) is 0 Å². The van der Waals surface area contributed by atoms with Gasteiger partial charge in [0.05, 0.1) is 12.6 Å². The molecule has 6 aliphatic rings. The van der Waals surface area contributed by atoms with E-state index in [-0.39, 0.29) is 104 Å². The molecule has 9 aromatic rings. The maximum absolute atomic E-state index is 2.53. The van der Waals surface area contributed by atoms with Crippen LogP contribution >= 0.6 is 0 Å². The number of pyridine rings is 1. The molecular formula is C111H163N3Os3+2. The van der Waals surface area contributed by atoms with Crippen molar-refractivity contribution in [2.24, 2.45) is 73.3 Å². The van der Waals surface area contributed by atoms with E-state index in [0.29, 0.717) is 11.8 Å². The van der Waals surface area contributed by atoms with Gasteiger partial charge in [0.2, 0.25) is 5.69 Å². The standard InChI is InChI=1S/C28H37N2.C26H30N.C26H28.2C10H20.C5H10.6CH3.3Os/c1-19(2)25-17-23(22-12-8-9-13-22)18-26(20(3)4)27(25)30-16-15-29(6)28(30)24-14-10-7-11-21(24)5;1-18-9-5-8-12-24(18)25-17-22(13-14-27(25)4)26-19(2)15-23(16-20(26)3)21-10-6-7-11-21;1-18-8-10-22(11-9-18)23-12-14-24(15-13-23)26-19(2)16-25(17-20(26)3)21-6-4-5-7-21;2*1-6-7(2)9(4)10(5)8(6)3;1-2-4-5-3-1;;;;;;;;;/h7,10-11,14-20,22H,8-9,12-13H2,1-6H3;5,8-9,12-17,21H,6-7,10-11H2,1-4H3;8-17,21H,4-7H2,1-3H3;2*6-10H,1-5H3;1-5H2;6*1H3;;;/q2*+1;;;;;6*-1;3*+2. The summed E-state index contributed by atoms with van der Waals surface area (Å²) in [6, 6.07) is 54.6. The van der Waals surface area contributed by atoms with Crippen LogP contribution in [0.2, 0.25) is 0 Å². The number of aromatic nitrogens is 3. The van der Waals surface area contributed by atoms with E-state index in [1.807, 2.05) is 0 Å². The summed E-state index contributed by atoms with van der Waals surface area (Å²) >= 11 is 0. The number of hydrogen-bond acceptors (Lipinski definition) is 0. The van der Waals surface area contributed by atoms with E-state index in [0.717, 1.165) is 76.9 Å². The molecule has 0 N–H and O–H groups in total. The number of imidazole rings is 1. The van der Waals surface area contributed by atoms with Crippen molar-refractivity contribution in [1.82, 2.24) is 4.57 Å². The van der Waals surface area contributed by atoms with Gasteiger partial charge in [-0.15, -0.1) is 0 Å². The fourth-order valence-electron chi connectivity index (χ4n) is 20.2. The van der Waals surface area contributed by atoms with Crippen molar-refractivity contribution in [2.75, 3.05) is 0 Å². The van der Waals surface area contributed by atoms with Gasteiger partial charge in [0.1, 0.15) is 25.1 Å². The Morgan fingerprint density at radius 2 is 0.607 bits per heavy atom. The van der Waals surface area contributed by atoms with Crippen molar-refractivity contribution in [3.05, 3.63) is 276 Å². The van der Waals surface area contributed by atoms with Crippen molar-refractivity contribution >= 4 is 0 Å². The zero-order valence-corrected chi connectivity index (χ0v) is 86.8. The molecule has 15 rings (SSSR count). The Morgan fingerprint density at radius 1 is 0.308 bits per heavy atom. The zero-order chi connectivity index (χ0) is 77.8. The molecule has 0 saturated heterocycles. The minimum absolute atomic E-state index is 0. The van der Waals surface area contributed by atoms with Crippen LogP contribution in [0.3, 0.4) is 0 Å². The summed E-state index contributed by atoms with van der Waals surface area (Å²) in [5, 5.41) is 0. The summed E-state index contributed by atoms with van der Waals surface area (Å²) < 4.78 is 6.94. The number of nitrogens with zero attached hydrogens (tertiary/aromatic N) is 3. The van der Waals surface area contributed by atoms with Crippen molar-refractivity contribution < 1.29 is 68.5 Å². The van der Waals surface area contributed by atoms with E-state index in [1.165, 1.54) is 221 Å². The topological polar surface area (TPSA) is 12.7 Å². The molecule has 6 saturated carbocycles. The van der Waals surface area contributed by atoms with Gasteiger partial charge in [0, 0.05) is 28.8 Å². The van der Waals surface area contributed by atoms with Gasteiger partial charge in [-0.25, -0.2) is 9.13 Å². The molecule has 6 heteroatoms. The number of rotatable bonds is 11. The van der Waals surface area contributed by atoms with Gasteiger partial charge < -0.3 is 44.6 Å². The number of hydrogen-bond donors (Lipinski definition) is 0. The Morgan fingerprint density at radius 3 is 0.940 bits per heavy atom. The first-order valence-corrected chi connectivity index (χ1v) is 43.4. The first kappa shape index (κ1) is 110. The molecule has 3 nitrogen and oxygen atoms in total. The summed E-state index contributed by atoms with van der Waals surface area (Å²) in [6.45, 7) is 49.0. The summed E-state index contributed by atoms with van der Waals surface area (Å²) in [4.78, 5) is 0. The van der Waals surface area contributed by atoms with Crippen molar-refractivity contribution in [2.45, 2.75) is 284 Å². The SMILES string of the molecule is C1CCCC1.CC1C(C)C(C)C(C)C1C.CC1C(C)C(C)C(C)C1C.Cc1ccc(-c2ccc(-c3c(C)cc(C4CCCC4)cc3C)cc2)cc1.Cc1ccccc1-c1cc(-c2c(C)cc(C3CCCC3)cc2C)cc[n+]1C.Cc1ccccc1-c1n(-c2c(C(C)C)cc(C3CCCC3)cc2C(C)C)cc[n+]1C.[CH3-].[CH3-].[CH3-].[CH3-].[CH3-].[CH3-].[Os+2].[Os+2].[Os+2]. The third-order valence-corrected chi connectivity index (χ3v) is 28.6. The molecule has 0 aliphatic heterocycles. The molecule has 6 aliphatic carbocycles. The maximum Gasteiger partial charge on any atom is 2.00 e. The Hall–Kier alpha value is -5.19. The summed E-state index contributed by atoms with van der Waals surface area (Å²) in [5.74, 6) is 13.9. The second kappa shape index (κ2) is 51.0. The van der Waals surface area contributed by atoms with Gasteiger partial charge in [-0.2, -0.15) is 4.57 Å². The van der Waals surface area contributed by atoms with Crippen LogP contribution in [0.15, 0.2) is 164 Å². The van der Waals surface area contributed by atoms with E-state index < -0.39 is 0 Å². The Labute approximate surface area is 761 Å². The van der Waals surface area contributed by atoms with Crippen LogP contribution < -0.4 is 9.13 Å². The van der Waals surface area contributed by atoms with E-state index >= 15 is 0 Å². The van der Waals surface area contributed by atoms with Crippen LogP contribution in [0, 0.1) is 152 Å². The van der Waals surface area contributed by atoms with E-state index in [4.69, 9.17) is 0 Å². The molecule has 0 radical (unpaired) electrons. The van der Waals surface area contributed by atoms with Crippen LogP contribution in [-0.2, 0) is 73.5 Å². The minimum atomic E-state index is 0. The van der Waals surface area contributed by atoms with E-state index in [1.54, 1.807) is 16.7 Å². The molecule has 0 spiro atoms. The van der Waals surface area contributed by atoms with Gasteiger partial charge >= 0.3 is 59.4 Å². The molecule has 117 heavy (non-hydrogen) atoms. The van der Waals surface area contributed by atoms with Gasteiger partial charge in [-0.3, -0.25) is 0 Å². The Bertz CT molecular complexity index is 4160. The van der Waals surface area contributed by atoms with Crippen molar-refractivity contribution in [3.8, 4) is 61.7 Å². The van der Waals surface area contributed by atoms with Crippen molar-refractivity contribution in [1.29, 1.82) is 0 Å². The molecule has 0 bridgehead atoms. The minimum Gasteiger partial charge on any atom is -0.358 e.